The monoisotopic (exact) mass is 379 g/mol. The highest BCUT2D eigenvalue weighted by Gasteiger charge is 2.28. The van der Waals surface area contributed by atoms with Gasteiger partial charge in [-0.2, -0.15) is 0 Å². The summed E-state index contributed by atoms with van der Waals surface area (Å²) in [7, 11) is 0. The van der Waals surface area contributed by atoms with Gasteiger partial charge >= 0.3 is 5.97 Å². The lowest BCUT2D eigenvalue weighted by molar-refractivity contribution is -0.133. The Bertz CT molecular complexity index is 675. The molecule has 0 fully saturated rings. The van der Waals surface area contributed by atoms with Crippen LogP contribution in [0.25, 0.3) is 0 Å². The van der Waals surface area contributed by atoms with Crippen molar-refractivity contribution >= 4 is 41.0 Å². The van der Waals surface area contributed by atoms with Crippen molar-refractivity contribution in [2.75, 3.05) is 6.61 Å². The minimum atomic E-state index is -0.929. The topological polar surface area (TPSA) is 72.8 Å². The predicted octanol–water partition coefficient (Wildman–Crippen LogP) is 4.68. The van der Waals surface area contributed by atoms with Crippen LogP contribution in [-0.4, -0.2) is 30.4 Å². The molecule has 0 aliphatic heterocycles. The minimum Gasteiger partial charge on any atom is -0.462 e. The number of carbonyl (C=O) groups excluding carboxylic acids is 3. The lowest BCUT2D eigenvalue weighted by atomic mass is 9.87. The van der Waals surface area contributed by atoms with E-state index in [0.717, 1.165) is 0 Å². The highest BCUT2D eigenvalue weighted by molar-refractivity contribution is 6.36. The lowest BCUT2D eigenvalue weighted by Gasteiger charge is -2.15. The van der Waals surface area contributed by atoms with Crippen molar-refractivity contribution in [3.05, 3.63) is 28.8 Å². The maximum absolute atomic E-state index is 12.4. The Morgan fingerprint density at radius 2 is 1.69 bits per heavy atom. The molecule has 6 heteroatoms. The molecule has 26 heavy (non-hydrogen) atoms. The first-order valence-corrected chi connectivity index (χ1v) is 9.15. The van der Waals surface area contributed by atoms with Crippen molar-refractivity contribution in [2.45, 2.75) is 41.0 Å². The molecule has 0 heterocycles. The Labute approximate surface area is 159 Å². The van der Waals surface area contributed by atoms with Crippen LogP contribution in [0.4, 0.5) is 5.69 Å². The second kappa shape index (κ2) is 10.2. The van der Waals surface area contributed by atoms with Gasteiger partial charge in [-0.3, -0.25) is 14.6 Å². The molecule has 1 aromatic rings. The van der Waals surface area contributed by atoms with Gasteiger partial charge in [-0.05, 0) is 18.6 Å². The Hall–Kier alpha value is -2.01. The van der Waals surface area contributed by atoms with Crippen LogP contribution in [0, 0.1) is 17.8 Å². The maximum atomic E-state index is 12.4. The molecule has 5 nitrogen and oxygen atoms in total. The van der Waals surface area contributed by atoms with Gasteiger partial charge < -0.3 is 4.74 Å². The summed E-state index contributed by atoms with van der Waals surface area (Å²) in [5.41, 5.74) is 0.521. The smallest absolute Gasteiger partial charge is 0.339 e. The zero-order chi connectivity index (χ0) is 19.9. The molecule has 142 valence electrons. The van der Waals surface area contributed by atoms with Crippen LogP contribution in [0.3, 0.4) is 0 Å². The summed E-state index contributed by atoms with van der Waals surface area (Å²) < 4.78 is 5.09. The number of nitrogens with zero attached hydrogens (tertiary/aromatic N) is 1. The molecule has 0 spiro atoms. The minimum absolute atomic E-state index is 0.137. The van der Waals surface area contributed by atoms with Crippen molar-refractivity contribution in [3.63, 3.8) is 0 Å². The molecular weight excluding hydrogens is 354 g/mol. The van der Waals surface area contributed by atoms with E-state index in [1.165, 1.54) is 6.21 Å². The van der Waals surface area contributed by atoms with Gasteiger partial charge in [0, 0.05) is 18.1 Å². The quantitative estimate of drug-likeness (QED) is 0.355. The summed E-state index contributed by atoms with van der Waals surface area (Å²) in [6, 6.07) is 4.80. The van der Waals surface area contributed by atoms with Crippen LogP contribution < -0.4 is 0 Å². The summed E-state index contributed by atoms with van der Waals surface area (Å²) >= 11 is 6.27. The van der Waals surface area contributed by atoms with Gasteiger partial charge in [-0.25, -0.2) is 4.79 Å². The number of ether oxygens (including phenoxy) is 1. The van der Waals surface area contributed by atoms with Crippen molar-refractivity contribution in [1.29, 1.82) is 0 Å². The fourth-order valence-electron chi connectivity index (χ4n) is 2.21. The molecule has 0 aliphatic rings. The average Bonchev–Trinajstić information content (AvgIpc) is 2.60. The molecule has 0 aliphatic carbocycles. The number of hydrogen-bond donors (Lipinski definition) is 0. The van der Waals surface area contributed by atoms with Crippen molar-refractivity contribution in [1.82, 2.24) is 0 Å². The maximum Gasteiger partial charge on any atom is 0.339 e. The van der Waals surface area contributed by atoms with Gasteiger partial charge in [-0.1, -0.05) is 52.3 Å². The lowest BCUT2D eigenvalue weighted by Crippen LogP contribution is -2.31. The normalized spacial score (nSPS) is 11.6. The van der Waals surface area contributed by atoms with E-state index in [9.17, 15) is 14.4 Å². The predicted molar refractivity (Wildman–Crippen MR) is 103 cm³/mol. The molecule has 0 saturated heterocycles. The van der Waals surface area contributed by atoms with E-state index in [0.29, 0.717) is 18.7 Å². The van der Waals surface area contributed by atoms with E-state index in [2.05, 4.69) is 4.99 Å². The van der Waals surface area contributed by atoms with Crippen LogP contribution in [0.1, 0.15) is 51.4 Å². The fourth-order valence-corrected chi connectivity index (χ4v) is 2.46. The number of Topliss-reactive ketones (excluding diaryl/α,β-unsaturated/α-hetero) is 2. The number of carbonyl (C=O) groups is 3. The van der Waals surface area contributed by atoms with Gasteiger partial charge in [0.1, 0.15) is 5.92 Å². The number of hydrogen-bond acceptors (Lipinski definition) is 5. The van der Waals surface area contributed by atoms with E-state index in [1.807, 2.05) is 6.92 Å². The van der Waals surface area contributed by atoms with Gasteiger partial charge in [0.25, 0.3) is 0 Å². The molecule has 1 aromatic carbocycles. The second-order valence-corrected chi connectivity index (χ2v) is 7.02. The summed E-state index contributed by atoms with van der Waals surface area (Å²) in [6.45, 7) is 9.17. The molecule has 0 atom stereocenters. The van der Waals surface area contributed by atoms with Gasteiger partial charge in [0.15, 0.2) is 11.6 Å². The van der Waals surface area contributed by atoms with Crippen molar-refractivity contribution in [3.8, 4) is 0 Å². The van der Waals surface area contributed by atoms with E-state index >= 15 is 0 Å². The molecular formula is C20H26ClNO4. The van der Waals surface area contributed by atoms with Crippen LogP contribution in [0.15, 0.2) is 23.2 Å². The van der Waals surface area contributed by atoms with Gasteiger partial charge in [-0.15, -0.1) is 0 Å². The summed E-state index contributed by atoms with van der Waals surface area (Å²) in [5.74, 6) is -2.42. The van der Waals surface area contributed by atoms with Crippen molar-refractivity contribution in [2.24, 2.45) is 22.7 Å². The Morgan fingerprint density at radius 1 is 1.12 bits per heavy atom. The number of ketones is 2. The number of halogens is 1. The first-order valence-electron chi connectivity index (χ1n) is 8.77. The molecule has 0 unspecified atom stereocenters. The van der Waals surface area contributed by atoms with Crippen molar-refractivity contribution < 1.29 is 19.1 Å². The number of benzene rings is 1. The standard InChI is InChI=1S/C20H26ClNO4/c1-6-10-26-20(25)14-8-7-9-16(17(14)21)22-11-15(18(23)12(2)3)19(24)13(4)5/h7-9,11-13,15H,6,10H2,1-5H3. The first kappa shape index (κ1) is 22.0. The van der Waals surface area contributed by atoms with Gasteiger partial charge in [0.2, 0.25) is 0 Å². The van der Waals surface area contributed by atoms with Crippen LogP contribution >= 0.6 is 11.6 Å². The molecule has 0 saturated carbocycles. The third-order valence-corrected chi connectivity index (χ3v) is 4.15. The van der Waals surface area contributed by atoms with E-state index in [4.69, 9.17) is 16.3 Å². The number of rotatable bonds is 9. The van der Waals surface area contributed by atoms with Gasteiger partial charge in [0.05, 0.1) is 22.9 Å². The summed E-state index contributed by atoms with van der Waals surface area (Å²) in [5, 5.41) is 0.137. The van der Waals surface area contributed by atoms with E-state index < -0.39 is 11.9 Å². The Morgan fingerprint density at radius 3 is 2.19 bits per heavy atom. The molecule has 0 radical (unpaired) electrons. The van der Waals surface area contributed by atoms with E-state index in [1.54, 1.807) is 45.9 Å². The molecule has 1 rings (SSSR count). The first-order chi connectivity index (χ1) is 12.2. The second-order valence-electron chi connectivity index (χ2n) is 6.64. The van der Waals surface area contributed by atoms with Crippen LogP contribution in [0.2, 0.25) is 5.02 Å². The summed E-state index contributed by atoms with van der Waals surface area (Å²) in [6.07, 6.45) is 2.03. The van der Waals surface area contributed by atoms with Crippen LogP contribution in [0.5, 0.6) is 0 Å². The Kier molecular flexibility index (Phi) is 8.66. The highest BCUT2D eigenvalue weighted by Crippen LogP contribution is 2.29. The fraction of sp³-hybridized carbons (Fsp3) is 0.500. The largest absolute Gasteiger partial charge is 0.462 e. The SMILES string of the molecule is CCCOC(=O)c1cccc(N=CC(C(=O)C(C)C)C(=O)C(C)C)c1Cl. The molecule has 0 aromatic heterocycles. The third kappa shape index (κ3) is 5.77. The average molecular weight is 380 g/mol. The zero-order valence-electron chi connectivity index (χ0n) is 15.9. The van der Waals surface area contributed by atoms with E-state index in [-0.39, 0.29) is 34.0 Å². The number of aliphatic imine (C=N–C) groups is 1. The molecule has 0 bridgehead atoms. The Balaban J connectivity index is 3.16. The molecule has 0 N–H and O–H groups in total. The van der Waals surface area contributed by atoms with Crippen LogP contribution in [-0.2, 0) is 14.3 Å². The number of esters is 1. The zero-order valence-corrected chi connectivity index (χ0v) is 16.7. The molecule has 0 amide bonds. The third-order valence-electron chi connectivity index (χ3n) is 3.75. The summed E-state index contributed by atoms with van der Waals surface area (Å²) in [4.78, 5) is 41.0. The highest BCUT2D eigenvalue weighted by atomic mass is 35.5.